The second-order valence-corrected chi connectivity index (χ2v) is 5.44. The van der Waals surface area contributed by atoms with E-state index in [0.717, 1.165) is 0 Å². The third kappa shape index (κ3) is 4.52. The summed E-state index contributed by atoms with van der Waals surface area (Å²) in [7, 11) is 0. The predicted molar refractivity (Wildman–Crippen MR) is 70.0 cm³/mol. The summed E-state index contributed by atoms with van der Waals surface area (Å²) in [5, 5.41) is 0.428. The minimum atomic E-state index is -4.28. The molecule has 102 valence electrons. The molecule has 0 aromatic heterocycles. The van der Waals surface area contributed by atoms with Crippen LogP contribution in [0.5, 0.6) is 5.75 Å². The number of ether oxygens (including phenoxy) is 1. The van der Waals surface area contributed by atoms with Crippen molar-refractivity contribution in [3.05, 3.63) is 27.7 Å². The van der Waals surface area contributed by atoms with Gasteiger partial charge in [-0.3, -0.25) is 0 Å². The summed E-state index contributed by atoms with van der Waals surface area (Å²) < 4.78 is 42.1. The van der Waals surface area contributed by atoms with Gasteiger partial charge in [-0.15, -0.1) is 0 Å². The molecular formula is C11H10BrCl2F3O. The highest BCUT2D eigenvalue weighted by atomic mass is 79.9. The lowest BCUT2D eigenvalue weighted by Gasteiger charge is -2.16. The molecule has 0 saturated heterocycles. The minimum Gasteiger partial charge on any atom is -0.492 e. The standard InChI is InChI=1S/C11H10BrCl2F3O/c1-2-18-10-4-8(13)6(3-9(10)14)7(12)5-11(15,16)17/h3-4,7H,2,5H2,1H3. The fourth-order valence-corrected chi connectivity index (χ4v) is 2.75. The molecule has 0 saturated carbocycles. The molecule has 18 heavy (non-hydrogen) atoms. The second kappa shape index (κ2) is 6.35. The summed E-state index contributed by atoms with van der Waals surface area (Å²) in [6.45, 7) is 2.17. The lowest BCUT2D eigenvalue weighted by molar-refractivity contribution is -0.134. The molecule has 0 spiro atoms. The van der Waals surface area contributed by atoms with Crippen LogP contribution in [0.2, 0.25) is 10.0 Å². The van der Waals surface area contributed by atoms with E-state index < -0.39 is 17.4 Å². The van der Waals surface area contributed by atoms with Crippen LogP contribution >= 0.6 is 39.1 Å². The van der Waals surface area contributed by atoms with Gasteiger partial charge in [-0.1, -0.05) is 39.1 Å². The summed E-state index contributed by atoms with van der Waals surface area (Å²) >= 11 is 14.8. The average Bonchev–Trinajstić information content (AvgIpc) is 2.20. The fourth-order valence-electron chi connectivity index (χ4n) is 1.36. The predicted octanol–water partition coefficient (Wildman–Crippen LogP) is 5.78. The van der Waals surface area contributed by atoms with Gasteiger partial charge in [-0.2, -0.15) is 13.2 Å². The van der Waals surface area contributed by atoms with Gasteiger partial charge in [0.15, 0.2) is 0 Å². The minimum absolute atomic E-state index is 0.189. The van der Waals surface area contributed by atoms with Crippen molar-refractivity contribution in [1.29, 1.82) is 0 Å². The molecule has 0 aliphatic rings. The molecular weight excluding hydrogens is 356 g/mol. The highest BCUT2D eigenvalue weighted by Gasteiger charge is 2.32. The van der Waals surface area contributed by atoms with Crippen LogP contribution in [0.3, 0.4) is 0 Å². The maximum atomic E-state index is 12.3. The van der Waals surface area contributed by atoms with Crippen LogP contribution in [0.4, 0.5) is 13.2 Å². The average molecular weight is 366 g/mol. The summed E-state index contributed by atoms with van der Waals surface area (Å²) in [5.74, 6) is 0.361. The first-order chi connectivity index (χ1) is 8.24. The van der Waals surface area contributed by atoms with Crippen LogP contribution in [0.15, 0.2) is 12.1 Å². The van der Waals surface area contributed by atoms with E-state index in [1.54, 1.807) is 6.92 Å². The third-order valence-electron chi connectivity index (χ3n) is 2.10. The molecule has 0 fully saturated rings. The van der Waals surface area contributed by atoms with Crippen LogP contribution in [-0.4, -0.2) is 12.8 Å². The van der Waals surface area contributed by atoms with E-state index in [4.69, 9.17) is 27.9 Å². The maximum Gasteiger partial charge on any atom is 0.390 e. The van der Waals surface area contributed by atoms with Crippen LogP contribution < -0.4 is 4.74 Å². The molecule has 0 aliphatic heterocycles. The zero-order chi connectivity index (χ0) is 13.9. The highest BCUT2D eigenvalue weighted by Crippen LogP contribution is 2.41. The van der Waals surface area contributed by atoms with Crippen LogP contribution in [0.1, 0.15) is 23.7 Å². The van der Waals surface area contributed by atoms with Gasteiger partial charge in [0.05, 0.1) is 18.1 Å². The molecule has 0 amide bonds. The van der Waals surface area contributed by atoms with E-state index in [-0.39, 0.29) is 10.0 Å². The Labute approximate surface area is 121 Å². The molecule has 0 radical (unpaired) electrons. The maximum absolute atomic E-state index is 12.3. The molecule has 1 rings (SSSR count). The lowest BCUT2D eigenvalue weighted by Crippen LogP contribution is -2.10. The summed E-state index contributed by atoms with van der Waals surface area (Å²) in [6.07, 6.45) is -5.29. The van der Waals surface area contributed by atoms with Crippen molar-refractivity contribution in [3.8, 4) is 5.75 Å². The molecule has 1 aromatic rings. The SMILES string of the molecule is CCOc1cc(Cl)c(C(Br)CC(F)(F)F)cc1Cl. The molecule has 1 aromatic carbocycles. The number of benzene rings is 1. The van der Waals surface area contributed by atoms with Gasteiger partial charge in [0.25, 0.3) is 0 Å². The highest BCUT2D eigenvalue weighted by molar-refractivity contribution is 9.09. The Morgan fingerprint density at radius 2 is 1.89 bits per heavy atom. The number of halogens is 6. The van der Waals surface area contributed by atoms with E-state index in [2.05, 4.69) is 15.9 Å². The van der Waals surface area contributed by atoms with Gasteiger partial charge in [0, 0.05) is 15.9 Å². The Kier molecular flexibility index (Phi) is 5.62. The first kappa shape index (κ1) is 15.9. The monoisotopic (exact) mass is 364 g/mol. The van der Waals surface area contributed by atoms with E-state index >= 15 is 0 Å². The third-order valence-corrected chi connectivity index (χ3v) is 3.54. The largest absolute Gasteiger partial charge is 0.492 e. The first-order valence-corrected chi connectivity index (χ1v) is 6.74. The zero-order valence-electron chi connectivity index (χ0n) is 9.32. The Balaban J connectivity index is 3.00. The Morgan fingerprint density at radius 1 is 1.28 bits per heavy atom. The van der Waals surface area contributed by atoms with Crippen molar-refractivity contribution in [3.63, 3.8) is 0 Å². The fraction of sp³-hybridized carbons (Fsp3) is 0.455. The van der Waals surface area contributed by atoms with Gasteiger partial charge in [-0.25, -0.2) is 0 Å². The van der Waals surface area contributed by atoms with Gasteiger partial charge in [0.2, 0.25) is 0 Å². The van der Waals surface area contributed by atoms with Crippen molar-refractivity contribution < 1.29 is 17.9 Å². The Hall–Kier alpha value is -0.130. The van der Waals surface area contributed by atoms with E-state index in [9.17, 15) is 13.2 Å². The van der Waals surface area contributed by atoms with Crippen molar-refractivity contribution >= 4 is 39.1 Å². The topological polar surface area (TPSA) is 9.23 Å². The van der Waals surface area contributed by atoms with Crippen molar-refractivity contribution in [2.45, 2.75) is 24.3 Å². The van der Waals surface area contributed by atoms with Gasteiger partial charge >= 0.3 is 6.18 Å². The molecule has 0 bridgehead atoms. The molecule has 0 aliphatic carbocycles. The Morgan fingerprint density at radius 3 is 2.39 bits per heavy atom. The first-order valence-electron chi connectivity index (χ1n) is 5.07. The smallest absolute Gasteiger partial charge is 0.390 e. The molecule has 1 atom stereocenters. The van der Waals surface area contributed by atoms with Crippen LogP contribution in [0.25, 0.3) is 0 Å². The van der Waals surface area contributed by atoms with E-state index in [0.29, 0.717) is 17.9 Å². The number of hydrogen-bond donors (Lipinski definition) is 0. The van der Waals surface area contributed by atoms with Crippen molar-refractivity contribution in [1.82, 2.24) is 0 Å². The van der Waals surface area contributed by atoms with Crippen LogP contribution in [-0.2, 0) is 0 Å². The molecule has 1 nitrogen and oxygen atoms in total. The quantitative estimate of drug-likeness (QED) is 0.614. The van der Waals surface area contributed by atoms with Crippen molar-refractivity contribution in [2.75, 3.05) is 6.61 Å². The zero-order valence-corrected chi connectivity index (χ0v) is 12.4. The molecule has 1 unspecified atom stereocenters. The van der Waals surface area contributed by atoms with Crippen molar-refractivity contribution in [2.24, 2.45) is 0 Å². The summed E-state index contributed by atoms with van der Waals surface area (Å²) in [6, 6.07) is 2.81. The normalized spacial score (nSPS) is 13.5. The number of hydrogen-bond acceptors (Lipinski definition) is 1. The summed E-state index contributed by atoms with van der Waals surface area (Å²) in [4.78, 5) is -0.932. The van der Waals surface area contributed by atoms with E-state index in [1.165, 1.54) is 12.1 Å². The lowest BCUT2D eigenvalue weighted by atomic mass is 10.1. The van der Waals surface area contributed by atoms with Gasteiger partial charge < -0.3 is 4.74 Å². The van der Waals surface area contributed by atoms with Gasteiger partial charge in [0.1, 0.15) is 5.75 Å². The van der Waals surface area contributed by atoms with E-state index in [1.807, 2.05) is 0 Å². The van der Waals surface area contributed by atoms with Gasteiger partial charge in [-0.05, 0) is 18.6 Å². The second-order valence-electron chi connectivity index (χ2n) is 3.52. The molecule has 7 heteroatoms. The number of rotatable bonds is 4. The van der Waals surface area contributed by atoms with Crippen LogP contribution in [0, 0.1) is 0 Å². The number of alkyl halides is 4. The molecule has 0 heterocycles. The Bertz CT molecular complexity index is 423. The molecule has 0 N–H and O–H groups in total. The summed E-state index contributed by atoms with van der Waals surface area (Å²) in [5.41, 5.74) is 0.294.